The summed E-state index contributed by atoms with van der Waals surface area (Å²) in [5.41, 5.74) is -0.507. The van der Waals surface area contributed by atoms with Crippen molar-refractivity contribution >= 4 is 17.6 Å². The number of benzene rings is 1. The second-order valence-electron chi connectivity index (χ2n) is 5.70. The standard InChI is InChI=1S/C16H18F3NO3/c1-9(23-13(21)8-10-4-2-3-5-10)16(22)20-12-7-6-11(17)14(18)15(12)19/h6-7,9-10H,2-5,8H2,1H3,(H,20,22)/t9-/m1/s1. The lowest BCUT2D eigenvalue weighted by Crippen LogP contribution is -2.30. The van der Waals surface area contributed by atoms with Crippen LogP contribution in [0.5, 0.6) is 0 Å². The fraction of sp³-hybridized carbons (Fsp3) is 0.500. The molecule has 1 fully saturated rings. The molecule has 0 aliphatic heterocycles. The molecule has 1 aromatic rings. The minimum Gasteiger partial charge on any atom is -0.453 e. The summed E-state index contributed by atoms with van der Waals surface area (Å²) in [6.45, 7) is 1.33. The molecular weight excluding hydrogens is 311 g/mol. The molecule has 1 N–H and O–H groups in total. The van der Waals surface area contributed by atoms with Crippen LogP contribution in [0.3, 0.4) is 0 Å². The molecule has 0 heterocycles. The average Bonchev–Trinajstić information content (AvgIpc) is 3.00. The van der Waals surface area contributed by atoms with Crippen LogP contribution in [0.4, 0.5) is 18.9 Å². The summed E-state index contributed by atoms with van der Waals surface area (Å²) in [6, 6.07) is 1.60. The van der Waals surface area contributed by atoms with Crippen LogP contribution in [0.2, 0.25) is 0 Å². The molecule has 0 aromatic heterocycles. The molecule has 1 aliphatic carbocycles. The number of rotatable bonds is 5. The van der Waals surface area contributed by atoms with Gasteiger partial charge in [0.25, 0.3) is 5.91 Å². The molecule has 7 heteroatoms. The van der Waals surface area contributed by atoms with Gasteiger partial charge in [-0.3, -0.25) is 9.59 Å². The van der Waals surface area contributed by atoms with E-state index in [0.29, 0.717) is 6.07 Å². The first-order chi connectivity index (χ1) is 10.9. The summed E-state index contributed by atoms with van der Waals surface area (Å²) in [7, 11) is 0. The smallest absolute Gasteiger partial charge is 0.306 e. The third kappa shape index (κ3) is 4.46. The molecule has 4 nitrogen and oxygen atoms in total. The van der Waals surface area contributed by atoms with E-state index in [0.717, 1.165) is 31.7 Å². The Morgan fingerprint density at radius 1 is 1.22 bits per heavy atom. The molecule has 1 saturated carbocycles. The van der Waals surface area contributed by atoms with Crippen LogP contribution < -0.4 is 5.32 Å². The predicted molar refractivity (Wildman–Crippen MR) is 77.1 cm³/mol. The van der Waals surface area contributed by atoms with Crippen molar-refractivity contribution in [1.82, 2.24) is 0 Å². The van der Waals surface area contributed by atoms with Gasteiger partial charge in [0.05, 0.1) is 5.69 Å². The van der Waals surface area contributed by atoms with Gasteiger partial charge in [0.2, 0.25) is 0 Å². The van der Waals surface area contributed by atoms with Gasteiger partial charge < -0.3 is 10.1 Å². The van der Waals surface area contributed by atoms with Crippen LogP contribution in [0.15, 0.2) is 12.1 Å². The maximum atomic E-state index is 13.5. The van der Waals surface area contributed by atoms with Crippen molar-refractivity contribution in [1.29, 1.82) is 0 Å². The minimum atomic E-state index is -1.67. The van der Waals surface area contributed by atoms with Crippen LogP contribution in [-0.4, -0.2) is 18.0 Å². The van der Waals surface area contributed by atoms with E-state index < -0.39 is 41.1 Å². The van der Waals surface area contributed by atoms with Crippen molar-refractivity contribution in [2.24, 2.45) is 5.92 Å². The van der Waals surface area contributed by atoms with Gasteiger partial charge in [-0.15, -0.1) is 0 Å². The molecule has 2 rings (SSSR count). The molecule has 1 aromatic carbocycles. The predicted octanol–water partition coefficient (Wildman–Crippen LogP) is 3.55. The van der Waals surface area contributed by atoms with Crippen LogP contribution in [0, 0.1) is 23.4 Å². The van der Waals surface area contributed by atoms with E-state index in [-0.39, 0.29) is 12.3 Å². The summed E-state index contributed by atoms with van der Waals surface area (Å²) in [5, 5.41) is 2.08. The zero-order valence-corrected chi connectivity index (χ0v) is 12.7. The van der Waals surface area contributed by atoms with E-state index >= 15 is 0 Å². The zero-order valence-electron chi connectivity index (χ0n) is 12.7. The quantitative estimate of drug-likeness (QED) is 0.664. The van der Waals surface area contributed by atoms with Crippen LogP contribution in [-0.2, 0) is 14.3 Å². The van der Waals surface area contributed by atoms with Crippen molar-refractivity contribution in [2.45, 2.75) is 45.1 Å². The summed E-state index contributed by atoms with van der Waals surface area (Å²) in [5.74, 6) is -5.55. The lowest BCUT2D eigenvalue weighted by atomic mass is 10.0. The van der Waals surface area contributed by atoms with E-state index in [1.807, 2.05) is 0 Å². The number of amides is 1. The number of hydrogen-bond acceptors (Lipinski definition) is 3. The second kappa shape index (κ2) is 7.48. The number of nitrogens with one attached hydrogen (secondary N) is 1. The molecule has 0 radical (unpaired) electrons. The Morgan fingerprint density at radius 2 is 1.87 bits per heavy atom. The number of hydrogen-bond donors (Lipinski definition) is 1. The first-order valence-electron chi connectivity index (χ1n) is 7.52. The fourth-order valence-corrected chi connectivity index (χ4v) is 2.61. The second-order valence-corrected chi connectivity index (χ2v) is 5.70. The van der Waals surface area contributed by atoms with Gasteiger partial charge in [0.1, 0.15) is 0 Å². The molecule has 1 aliphatic rings. The van der Waals surface area contributed by atoms with E-state index in [9.17, 15) is 22.8 Å². The van der Waals surface area contributed by atoms with Crippen molar-refractivity contribution in [3.05, 3.63) is 29.6 Å². The van der Waals surface area contributed by atoms with Gasteiger partial charge in [-0.2, -0.15) is 0 Å². The van der Waals surface area contributed by atoms with Crippen LogP contribution >= 0.6 is 0 Å². The fourth-order valence-electron chi connectivity index (χ4n) is 2.61. The molecule has 0 spiro atoms. The van der Waals surface area contributed by atoms with E-state index in [1.54, 1.807) is 0 Å². The van der Waals surface area contributed by atoms with Gasteiger partial charge in [0, 0.05) is 6.42 Å². The average molecular weight is 329 g/mol. The number of carbonyl (C=O) groups excluding carboxylic acids is 2. The van der Waals surface area contributed by atoms with Crippen LogP contribution in [0.25, 0.3) is 0 Å². The summed E-state index contributed by atoms with van der Waals surface area (Å²) < 4.78 is 44.4. The Morgan fingerprint density at radius 3 is 2.52 bits per heavy atom. The Labute approximate surface area is 132 Å². The largest absolute Gasteiger partial charge is 0.453 e. The molecule has 1 amide bonds. The lowest BCUT2D eigenvalue weighted by molar-refractivity contribution is -0.154. The molecule has 23 heavy (non-hydrogen) atoms. The van der Waals surface area contributed by atoms with Gasteiger partial charge in [0.15, 0.2) is 23.6 Å². The molecule has 1 atom stereocenters. The molecule has 126 valence electrons. The molecule has 0 saturated heterocycles. The number of anilines is 1. The summed E-state index contributed by atoms with van der Waals surface area (Å²) in [4.78, 5) is 23.6. The van der Waals surface area contributed by atoms with Gasteiger partial charge in [-0.1, -0.05) is 12.8 Å². The Hall–Kier alpha value is -2.05. The van der Waals surface area contributed by atoms with Gasteiger partial charge in [-0.25, -0.2) is 13.2 Å². The van der Waals surface area contributed by atoms with E-state index in [1.165, 1.54) is 6.92 Å². The molecular formula is C16H18F3NO3. The molecule has 0 unspecified atom stereocenters. The highest BCUT2D eigenvalue weighted by atomic mass is 19.2. The monoisotopic (exact) mass is 329 g/mol. The highest BCUT2D eigenvalue weighted by Crippen LogP contribution is 2.28. The summed E-state index contributed by atoms with van der Waals surface area (Å²) in [6.07, 6.45) is 3.20. The SMILES string of the molecule is C[C@@H](OC(=O)CC1CCCC1)C(=O)Nc1ccc(F)c(F)c1F. The normalized spacial score (nSPS) is 16.2. The van der Waals surface area contributed by atoms with Crippen molar-refractivity contribution in [3.63, 3.8) is 0 Å². The first kappa shape index (κ1) is 17.3. The zero-order chi connectivity index (χ0) is 17.0. The topological polar surface area (TPSA) is 55.4 Å². The van der Waals surface area contributed by atoms with E-state index in [4.69, 9.17) is 4.74 Å². The van der Waals surface area contributed by atoms with E-state index in [2.05, 4.69) is 5.32 Å². The number of esters is 1. The van der Waals surface area contributed by atoms with Crippen molar-refractivity contribution in [3.8, 4) is 0 Å². The first-order valence-corrected chi connectivity index (χ1v) is 7.52. The highest BCUT2D eigenvalue weighted by Gasteiger charge is 2.24. The number of ether oxygens (including phenoxy) is 1. The van der Waals surface area contributed by atoms with Gasteiger partial charge in [-0.05, 0) is 37.8 Å². The van der Waals surface area contributed by atoms with Gasteiger partial charge >= 0.3 is 5.97 Å². The maximum absolute atomic E-state index is 13.5. The Bertz CT molecular complexity index is 600. The minimum absolute atomic E-state index is 0.247. The Balaban J connectivity index is 1.89. The third-order valence-electron chi connectivity index (χ3n) is 3.90. The molecule has 0 bridgehead atoms. The van der Waals surface area contributed by atoms with Crippen molar-refractivity contribution in [2.75, 3.05) is 5.32 Å². The number of carbonyl (C=O) groups is 2. The Kier molecular flexibility index (Phi) is 5.63. The van der Waals surface area contributed by atoms with Crippen molar-refractivity contribution < 1.29 is 27.5 Å². The summed E-state index contributed by atoms with van der Waals surface area (Å²) >= 11 is 0. The van der Waals surface area contributed by atoms with Crippen LogP contribution in [0.1, 0.15) is 39.0 Å². The maximum Gasteiger partial charge on any atom is 0.306 e. The third-order valence-corrected chi connectivity index (χ3v) is 3.90. The number of halogens is 3. The lowest BCUT2D eigenvalue weighted by Gasteiger charge is -2.15. The highest BCUT2D eigenvalue weighted by molar-refractivity contribution is 5.95.